The molecule has 1 atom stereocenters. The first kappa shape index (κ1) is 15.0. The molecular weight excluding hydrogens is 268 g/mol. The number of nitrogens with two attached hydrogens (primary N) is 1. The molecule has 21 heavy (non-hydrogen) atoms. The van der Waals surface area contributed by atoms with E-state index in [2.05, 4.69) is 0 Å². The topological polar surface area (TPSA) is 78.4 Å². The highest BCUT2D eigenvalue weighted by Gasteiger charge is 2.19. The Labute approximate surface area is 123 Å². The van der Waals surface area contributed by atoms with Crippen molar-refractivity contribution in [2.75, 3.05) is 6.61 Å². The van der Waals surface area contributed by atoms with E-state index in [1.165, 1.54) is 6.07 Å². The number of ether oxygens (including phenoxy) is 1. The summed E-state index contributed by atoms with van der Waals surface area (Å²) in [5, 5.41) is 11.1. The second-order valence-electron chi connectivity index (χ2n) is 5.02. The molecule has 110 valence electrons. The van der Waals surface area contributed by atoms with Crippen LogP contribution in [-0.4, -0.2) is 11.5 Å². The summed E-state index contributed by atoms with van der Waals surface area (Å²) in [6, 6.07) is 12.6. The van der Waals surface area contributed by atoms with Gasteiger partial charge in [-0.3, -0.25) is 10.1 Å². The van der Waals surface area contributed by atoms with Crippen molar-refractivity contribution >= 4 is 5.69 Å². The molecule has 0 amide bonds. The maximum absolute atomic E-state index is 11.1. The number of rotatable bonds is 5. The zero-order valence-corrected chi connectivity index (χ0v) is 12.1. The lowest BCUT2D eigenvalue weighted by atomic mass is 10.1. The zero-order chi connectivity index (χ0) is 15.4. The minimum atomic E-state index is -0.427. The molecule has 5 nitrogen and oxygen atoms in total. The van der Waals surface area contributed by atoms with E-state index in [4.69, 9.17) is 10.5 Å². The van der Waals surface area contributed by atoms with Crippen LogP contribution >= 0.6 is 0 Å². The minimum Gasteiger partial charge on any atom is -0.485 e. The highest BCUT2D eigenvalue weighted by molar-refractivity contribution is 5.53. The van der Waals surface area contributed by atoms with Crippen molar-refractivity contribution in [2.45, 2.75) is 19.9 Å². The van der Waals surface area contributed by atoms with Crippen LogP contribution in [0.2, 0.25) is 0 Å². The Morgan fingerprint density at radius 1 is 1.24 bits per heavy atom. The summed E-state index contributed by atoms with van der Waals surface area (Å²) in [5.74, 6) is 0.289. The van der Waals surface area contributed by atoms with Gasteiger partial charge in [-0.15, -0.1) is 0 Å². The summed E-state index contributed by atoms with van der Waals surface area (Å²) in [6.45, 7) is 3.80. The Kier molecular flexibility index (Phi) is 4.55. The maximum Gasteiger partial charge on any atom is 0.311 e. The van der Waals surface area contributed by atoms with Crippen molar-refractivity contribution in [3.63, 3.8) is 0 Å². The molecule has 0 spiro atoms. The molecule has 1 unspecified atom stereocenters. The molecule has 2 N–H and O–H groups in total. The molecule has 0 fully saturated rings. The maximum atomic E-state index is 11.1. The van der Waals surface area contributed by atoms with Crippen LogP contribution in [0.5, 0.6) is 5.75 Å². The van der Waals surface area contributed by atoms with E-state index in [-0.39, 0.29) is 24.1 Å². The van der Waals surface area contributed by atoms with Crippen LogP contribution in [0.3, 0.4) is 0 Å². The van der Waals surface area contributed by atoms with E-state index in [1.807, 2.05) is 43.3 Å². The lowest BCUT2D eigenvalue weighted by Gasteiger charge is -2.15. The molecule has 0 heterocycles. The van der Waals surface area contributed by atoms with E-state index in [0.717, 1.165) is 16.7 Å². The second kappa shape index (κ2) is 6.37. The van der Waals surface area contributed by atoms with Crippen LogP contribution in [0.4, 0.5) is 5.69 Å². The first-order valence-corrected chi connectivity index (χ1v) is 6.68. The Bertz CT molecular complexity index is 641. The van der Waals surface area contributed by atoms with Crippen molar-refractivity contribution in [2.24, 2.45) is 5.73 Å². The van der Waals surface area contributed by atoms with Crippen molar-refractivity contribution in [1.29, 1.82) is 0 Å². The van der Waals surface area contributed by atoms with Gasteiger partial charge in [-0.2, -0.15) is 0 Å². The van der Waals surface area contributed by atoms with E-state index in [1.54, 1.807) is 6.92 Å². The van der Waals surface area contributed by atoms with Crippen LogP contribution in [0.1, 0.15) is 22.7 Å². The summed E-state index contributed by atoms with van der Waals surface area (Å²) in [4.78, 5) is 10.7. The average molecular weight is 286 g/mol. The molecule has 0 saturated heterocycles. The number of hydrogen-bond donors (Lipinski definition) is 1. The lowest BCUT2D eigenvalue weighted by Crippen LogP contribution is -2.19. The first-order valence-electron chi connectivity index (χ1n) is 6.68. The predicted octanol–water partition coefficient (Wildman–Crippen LogP) is 3.29. The van der Waals surface area contributed by atoms with Gasteiger partial charge in [0.05, 0.1) is 11.0 Å². The quantitative estimate of drug-likeness (QED) is 0.675. The minimum absolute atomic E-state index is 0.0206. The summed E-state index contributed by atoms with van der Waals surface area (Å²) in [6.07, 6.45) is 0. The van der Waals surface area contributed by atoms with Gasteiger partial charge in [0, 0.05) is 6.07 Å². The fourth-order valence-corrected chi connectivity index (χ4v) is 2.22. The smallest absolute Gasteiger partial charge is 0.311 e. The summed E-state index contributed by atoms with van der Waals surface area (Å²) in [5.41, 5.74) is 8.54. The summed E-state index contributed by atoms with van der Waals surface area (Å²) >= 11 is 0. The fourth-order valence-electron chi connectivity index (χ4n) is 2.22. The Morgan fingerprint density at radius 2 is 1.90 bits per heavy atom. The third-order valence-electron chi connectivity index (χ3n) is 3.23. The van der Waals surface area contributed by atoms with E-state index in [0.29, 0.717) is 0 Å². The molecule has 0 radical (unpaired) electrons. The van der Waals surface area contributed by atoms with E-state index >= 15 is 0 Å². The number of hydrogen-bond acceptors (Lipinski definition) is 4. The van der Waals surface area contributed by atoms with Gasteiger partial charge in [0.2, 0.25) is 0 Å². The van der Waals surface area contributed by atoms with Crippen LogP contribution < -0.4 is 10.5 Å². The Balaban J connectivity index is 2.18. The zero-order valence-electron chi connectivity index (χ0n) is 12.1. The van der Waals surface area contributed by atoms with Gasteiger partial charge in [-0.05, 0) is 30.5 Å². The first-order chi connectivity index (χ1) is 9.99. The number of nitrogens with zero attached hydrogens (tertiary/aromatic N) is 1. The molecule has 5 heteroatoms. The molecule has 2 aromatic carbocycles. The van der Waals surface area contributed by atoms with Gasteiger partial charge in [0.25, 0.3) is 0 Å². The van der Waals surface area contributed by atoms with Gasteiger partial charge < -0.3 is 10.5 Å². The summed E-state index contributed by atoms with van der Waals surface area (Å²) in [7, 11) is 0. The van der Waals surface area contributed by atoms with E-state index in [9.17, 15) is 10.1 Å². The van der Waals surface area contributed by atoms with Gasteiger partial charge in [0.1, 0.15) is 6.61 Å². The monoisotopic (exact) mass is 286 g/mol. The fraction of sp³-hybridized carbons (Fsp3) is 0.250. The lowest BCUT2D eigenvalue weighted by molar-refractivity contribution is -0.386. The largest absolute Gasteiger partial charge is 0.485 e. The number of nitro groups is 1. The summed E-state index contributed by atoms with van der Waals surface area (Å²) < 4.78 is 5.63. The third-order valence-corrected chi connectivity index (χ3v) is 3.23. The molecule has 0 aliphatic rings. The highest BCUT2D eigenvalue weighted by atomic mass is 16.6. The molecule has 0 aromatic heterocycles. The van der Waals surface area contributed by atoms with E-state index < -0.39 is 4.92 Å². The Hall–Kier alpha value is -2.40. The van der Waals surface area contributed by atoms with Crippen LogP contribution in [0.25, 0.3) is 0 Å². The normalized spacial score (nSPS) is 12.0. The molecule has 2 aromatic rings. The molecule has 0 aliphatic carbocycles. The highest BCUT2D eigenvalue weighted by Crippen LogP contribution is 2.32. The van der Waals surface area contributed by atoms with Crippen LogP contribution in [0, 0.1) is 24.0 Å². The van der Waals surface area contributed by atoms with Gasteiger partial charge >= 0.3 is 5.69 Å². The second-order valence-corrected chi connectivity index (χ2v) is 5.02. The number of nitro benzene ring substituents is 1. The van der Waals surface area contributed by atoms with Gasteiger partial charge in [0.15, 0.2) is 5.75 Å². The molecule has 0 aliphatic heterocycles. The number of aryl methyl sites for hydroxylation is 2. The molecule has 0 bridgehead atoms. The molecular formula is C16H18N2O3. The predicted molar refractivity (Wildman–Crippen MR) is 81.4 cm³/mol. The van der Waals surface area contributed by atoms with Gasteiger partial charge in [-0.1, -0.05) is 36.4 Å². The Morgan fingerprint density at radius 3 is 2.52 bits per heavy atom. The molecule has 2 rings (SSSR count). The van der Waals surface area contributed by atoms with Gasteiger partial charge in [-0.25, -0.2) is 0 Å². The van der Waals surface area contributed by atoms with Crippen molar-refractivity contribution in [3.8, 4) is 5.75 Å². The van der Waals surface area contributed by atoms with Crippen LogP contribution in [-0.2, 0) is 0 Å². The molecule has 0 saturated carbocycles. The third kappa shape index (κ3) is 3.58. The van der Waals surface area contributed by atoms with Crippen molar-refractivity contribution < 1.29 is 9.66 Å². The standard InChI is InChI=1S/C16H18N2O3/c1-11-8-12(2)16(15(9-11)18(19)20)21-10-14(17)13-6-4-3-5-7-13/h3-9,14H,10,17H2,1-2H3. The number of benzene rings is 2. The van der Waals surface area contributed by atoms with Crippen LogP contribution in [0.15, 0.2) is 42.5 Å². The van der Waals surface area contributed by atoms with Crippen molar-refractivity contribution in [1.82, 2.24) is 0 Å². The average Bonchev–Trinajstić information content (AvgIpc) is 2.46. The SMILES string of the molecule is Cc1cc(C)c(OCC(N)c2ccccc2)c([N+](=O)[O-])c1. The van der Waals surface area contributed by atoms with Crippen molar-refractivity contribution in [3.05, 3.63) is 69.3 Å².